The molecule has 80 valence electrons. The zero-order valence-electron chi connectivity index (χ0n) is 9.45. The second-order valence-corrected chi connectivity index (χ2v) is 4.01. The van der Waals surface area contributed by atoms with Crippen molar-refractivity contribution in [3.05, 3.63) is 17.7 Å². The Morgan fingerprint density at radius 2 is 2.29 bits per heavy atom. The van der Waals surface area contributed by atoms with Crippen molar-refractivity contribution < 1.29 is 0 Å². The summed E-state index contributed by atoms with van der Waals surface area (Å²) in [5.74, 6) is 1.78. The van der Waals surface area contributed by atoms with Crippen LogP contribution in [0.1, 0.15) is 38.2 Å². The minimum Gasteiger partial charge on any atom is -0.331 e. The minimum absolute atomic E-state index is 0.583. The molecule has 0 aromatic carbocycles. The molecule has 1 aromatic heterocycles. The monoisotopic (exact) mass is 195 g/mol. The van der Waals surface area contributed by atoms with Crippen molar-refractivity contribution >= 4 is 0 Å². The van der Waals surface area contributed by atoms with Crippen LogP contribution in [-0.4, -0.2) is 9.55 Å². The van der Waals surface area contributed by atoms with E-state index < -0.39 is 0 Å². The molecule has 1 rings (SSSR count). The molecule has 14 heavy (non-hydrogen) atoms. The van der Waals surface area contributed by atoms with Gasteiger partial charge in [0, 0.05) is 19.3 Å². The molecule has 0 saturated carbocycles. The molecular weight excluding hydrogens is 174 g/mol. The Hall–Kier alpha value is -0.830. The Morgan fingerprint density at radius 3 is 2.86 bits per heavy atom. The van der Waals surface area contributed by atoms with Gasteiger partial charge in [0.05, 0.1) is 5.69 Å². The highest BCUT2D eigenvalue weighted by molar-refractivity contribution is 5.03. The number of hydrogen-bond acceptors (Lipinski definition) is 2. The van der Waals surface area contributed by atoms with E-state index >= 15 is 0 Å². The van der Waals surface area contributed by atoms with Crippen molar-refractivity contribution in [1.82, 2.24) is 9.55 Å². The number of hydrogen-bond donors (Lipinski definition) is 1. The summed E-state index contributed by atoms with van der Waals surface area (Å²) in [5.41, 5.74) is 6.80. The maximum Gasteiger partial charge on any atom is 0.105 e. The lowest BCUT2D eigenvalue weighted by atomic mass is 10.1. The van der Waals surface area contributed by atoms with E-state index in [-0.39, 0.29) is 0 Å². The lowest BCUT2D eigenvalue weighted by Crippen LogP contribution is -2.13. The highest BCUT2D eigenvalue weighted by Gasteiger charge is 2.08. The maximum absolute atomic E-state index is 5.65. The highest BCUT2D eigenvalue weighted by Crippen LogP contribution is 2.12. The fraction of sp³-hybridized carbons (Fsp3) is 0.727. The average Bonchev–Trinajstić information content (AvgIpc) is 2.48. The third-order valence-corrected chi connectivity index (χ3v) is 2.62. The fourth-order valence-corrected chi connectivity index (χ4v) is 1.82. The largest absolute Gasteiger partial charge is 0.331 e. The van der Waals surface area contributed by atoms with E-state index in [2.05, 4.69) is 23.4 Å². The molecule has 0 fully saturated rings. The van der Waals surface area contributed by atoms with Gasteiger partial charge >= 0.3 is 0 Å². The Balaban J connectivity index is 2.68. The maximum atomic E-state index is 5.65. The van der Waals surface area contributed by atoms with Gasteiger partial charge in [-0.1, -0.05) is 20.3 Å². The topological polar surface area (TPSA) is 43.8 Å². The number of aromatic nitrogens is 2. The normalized spacial score (nSPS) is 13.1. The molecule has 1 aromatic rings. The van der Waals surface area contributed by atoms with Gasteiger partial charge in [-0.25, -0.2) is 4.98 Å². The van der Waals surface area contributed by atoms with Crippen LogP contribution in [0.3, 0.4) is 0 Å². The third kappa shape index (κ3) is 2.58. The Morgan fingerprint density at radius 1 is 1.57 bits per heavy atom. The van der Waals surface area contributed by atoms with Crippen LogP contribution >= 0.6 is 0 Å². The molecular formula is C11H21N3. The van der Waals surface area contributed by atoms with Gasteiger partial charge in [0.1, 0.15) is 5.82 Å². The molecule has 0 radical (unpaired) electrons. The molecule has 0 aliphatic rings. The summed E-state index contributed by atoms with van der Waals surface area (Å²) in [4.78, 5) is 4.28. The van der Waals surface area contributed by atoms with Gasteiger partial charge < -0.3 is 10.3 Å². The van der Waals surface area contributed by atoms with Crippen LogP contribution < -0.4 is 5.73 Å². The molecule has 0 bridgehead atoms. The second-order valence-electron chi connectivity index (χ2n) is 4.01. The van der Waals surface area contributed by atoms with Gasteiger partial charge in [-0.05, 0) is 19.3 Å². The Kier molecular flexibility index (Phi) is 4.14. The zero-order valence-corrected chi connectivity index (χ0v) is 9.45. The molecule has 3 heteroatoms. The lowest BCUT2D eigenvalue weighted by molar-refractivity contribution is 0.433. The van der Waals surface area contributed by atoms with E-state index in [4.69, 9.17) is 5.73 Å². The minimum atomic E-state index is 0.583. The summed E-state index contributed by atoms with van der Waals surface area (Å²) in [5, 5.41) is 0. The predicted molar refractivity (Wildman–Crippen MR) is 58.9 cm³/mol. The van der Waals surface area contributed by atoms with Crippen LogP contribution in [0.15, 0.2) is 6.20 Å². The van der Waals surface area contributed by atoms with E-state index in [0.29, 0.717) is 12.5 Å². The number of nitrogens with two attached hydrogens (primary N) is 1. The Labute approximate surface area is 86.3 Å². The zero-order chi connectivity index (χ0) is 10.6. The average molecular weight is 195 g/mol. The molecule has 0 spiro atoms. The number of nitrogens with zero attached hydrogens (tertiary/aromatic N) is 2. The van der Waals surface area contributed by atoms with Gasteiger partial charge in [0.15, 0.2) is 0 Å². The first-order chi connectivity index (χ1) is 6.69. The van der Waals surface area contributed by atoms with Crippen molar-refractivity contribution in [2.75, 3.05) is 0 Å². The smallest absolute Gasteiger partial charge is 0.105 e. The standard InChI is InChI=1S/C11H21N3/c1-4-5-9(2)8-14-10(3)13-7-11(14)6-12/h7,9H,4-6,8,12H2,1-3H3. The van der Waals surface area contributed by atoms with Gasteiger partial charge in [0.2, 0.25) is 0 Å². The van der Waals surface area contributed by atoms with E-state index in [1.165, 1.54) is 12.8 Å². The van der Waals surface area contributed by atoms with Crippen molar-refractivity contribution in [2.45, 2.75) is 46.7 Å². The predicted octanol–water partition coefficient (Wildman–Crippen LogP) is 2.09. The van der Waals surface area contributed by atoms with E-state index in [0.717, 1.165) is 18.1 Å². The summed E-state index contributed by atoms with van der Waals surface area (Å²) in [6, 6.07) is 0. The number of imidazole rings is 1. The molecule has 2 N–H and O–H groups in total. The van der Waals surface area contributed by atoms with Crippen molar-refractivity contribution in [3.8, 4) is 0 Å². The molecule has 0 amide bonds. The molecule has 0 aliphatic carbocycles. The molecule has 3 nitrogen and oxygen atoms in total. The lowest BCUT2D eigenvalue weighted by Gasteiger charge is -2.14. The molecule has 1 heterocycles. The van der Waals surface area contributed by atoms with Gasteiger partial charge in [0.25, 0.3) is 0 Å². The third-order valence-electron chi connectivity index (χ3n) is 2.62. The van der Waals surface area contributed by atoms with E-state index in [1.807, 2.05) is 13.1 Å². The van der Waals surface area contributed by atoms with E-state index in [9.17, 15) is 0 Å². The summed E-state index contributed by atoms with van der Waals surface area (Å²) in [6.45, 7) is 8.17. The summed E-state index contributed by atoms with van der Waals surface area (Å²) < 4.78 is 2.24. The van der Waals surface area contributed by atoms with Gasteiger partial charge in [-0.15, -0.1) is 0 Å². The van der Waals surface area contributed by atoms with Gasteiger partial charge in [-0.2, -0.15) is 0 Å². The van der Waals surface area contributed by atoms with E-state index in [1.54, 1.807) is 0 Å². The SMILES string of the molecule is CCCC(C)Cn1c(CN)cnc1C. The van der Waals surface area contributed by atoms with Crippen LogP contribution in [0.4, 0.5) is 0 Å². The molecule has 0 aliphatic heterocycles. The Bertz CT molecular complexity index is 278. The van der Waals surface area contributed by atoms with Crippen LogP contribution in [0.25, 0.3) is 0 Å². The summed E-state index contributed by atoms with van der Waals surface area (Å²) in [7, 11) is 0. The quantitative estimate of drug-likeness (QED) is 0.781. The molecule has 0 saturated heterocycles. The van der Waals surface area contributed by atoms with Crippen LogP contribution in [0.5, 0.6) is 0 Å². The molecule has 1 unspecified atom stereocenters. The first kappa shape index (κ1) is 11.2. The second kappa shape index (κ2) is 5.15. The summed E-state index contributed by atoms with van der Waals surface area (Å²) >= 11 is 0. The first-order valence-electron chi connectivity index (χ1n) is 5.40. The van der Waals surface area contributed by atoms with Crippen molar-refractivity contribution in [2.24, 2.45) is 11.7 Å². The molecule has 1 atom stereocenters. The number of aryl methyl sites for hydroxylation is 1. The van der Waals surface area contributed by atoms with Crippen LogP contribution in [-0.2, 0) is 13.1 Å². The summed E-state index contributed by atoms with van der Waals surface area (Å²) in [6.07, 6.45) is 4.39. The van der Waals surface area contributed by atoms with Gasteiger partial charge in [-0.3, -0.25) is 0 Å². The van der Waals surface area contributed by atoms with Crippen LogP contribution in [0.2, 0.25) is 0 Å². The van der Waals surface area contributed by atoms with Crippen LogP contribution in [0, 0.1) is 12.8 Å². The fourth-order valence-electron chi connectivity index (χ4n) is 1.82. The van der Waals surface area contributed by atoms with Crippen molar-refractivity contribution in [1.29, 1.82) is 0 Å². The van der Waals surface area contributed by atoms with Crippen molar-refractivity contribution in [3.63, 3.8) is 0 Å². The number of rotatable bonds is 5. The first-order valence-corrected chi connectivity index (χ1v) is 5.40. The highest BCUT2D eigenvalue weighted by atomic mass is 15.1.